The first-order valence-electron chi connectivity index (χ1n) is 16.3. The minimum Gasteiger partial charge on any atom is -0.309 e. The maximum Gasteiger partial charge on any atom is 0.138 e. The first-order chi connectivity index (χ1) is 23.8. The molecule has 0 atom stereocenters. The van der Waals surface area contributed by atoms with Crippen molar-refractivity contribution in [3.63, 3.8) is 0 Å². The van der Waals surface area contributed by atoms with E-state index >= 15 is 0 Å². The van der Waals surface area contributed by atoms with Gasteiger partial charge in [-0.15, -0.1) is 0 Å². The molecule has 4 nitrogen and oxygen atoms in total. The van der Waals surface area contributed by atoms with Crippen molar-refractivity contribution in [1.82, 2.24) is 18.9 Å². The van der Waals surface area contributed by atoms with E-state index in [-0.39, 0.29) is 0 Å². The number of benzene rings is 6. The van der Waals surface area contributed by atoms with Gasteiger partial charge in [-0.3, -0.25) is 0 Å². The fourth-order valence-electron chi connectivity index (χ4n) is 7.31. The van der Waals surface area contributed by atoms with Crippen LogP contribution in [-0.4, -0.2) is 18.9 Å². The second-order valence-corrected chi connectivity index (χ2v) is 12.3. The molecule has 0 fully saturated rings. The van der Waals surface area contributed by atoms with Gasteiger partial charge in [-0.25, -0.2) is 9.97 Å². The largest absolute Gasteiger partial charge is 0.309 e. The molecule has 0 aliphatic heterocycles. The Hall–Kier alpha value is -6.52. The summed E-state index contributed by atoms with van der Waals surface area (Å²) in [6.45, 7) is 0. The second kappa shape index (κ2) is 10.5. The summed E-state index contributed by atoms with van der Waals surface area (Å²) in [4.78, 5) is 10.2. The van der Waals surface area contributed by atoms with Crippen molar-refractivity contribution >= 4 is 49.1 Å². The van der Waals surface area contributed by atoms with Gasteiger partial charge in [0.05, 0.1) is 27.9 Å². The quantitative estimate of drug-likeness (QED) is 0.185. The molecule has 0 unspecified atom stereocenters. The van der Waals surface area contributed by atoms with E-state index in [0.29, 0.717) is 0 Å². The third-order valence-electron chi connectivity index (χ3n) is 9.54. The van der Waals surface area contributed by atoms with Gasteiger partial charge in [-0.1, -0.05) is 115 Å². The highest BCUT2D eigenvalue weighted by atomic mass is 15.0. The van der Waals surface area contributed by atoms with Crippen LogP contribution >= 0.6 is 0 Å². The second-order valence-electron chi connectivity index (χ2n) is 12.3. The average Bonchev–Trinajstić information content (AvgIpc) is 3.74. The predicted molar refractivity (Wildman–Crippen MR) is 199 cm³/mol. The van der Waals surface area contributed by atoms with Crippen LogP contribution in [0.15, 0.2) is 170 Å². The maximum absolute atomic E-state index is 5.28. The molecule has 0 saturated carbocycles. The van der Waals surface area contributed by atoms with Crippen molar-refractivity contribution in [2.45, 2.75) is 0 Å². The number of hydrogen-bond donors (Lipinski definition) is 0. The molecule has 0 radical (unpaired) electrons. The highest BCUT2D eigenvalue weighted by molar-refractivity contribution is 6.29. The van der Waals surface area contributed by atoms with Crippen LogP contribution in [0.1, 0.15) is 0 Å². The van der Waals surface area contributed by atoms with Gasteiger partial charge in [-0.2, -0.15) is 0 Å². The maximum atomic E-state index is 5.28. The Kier molecular flexibility index (Phi) is 5.84. The van der Waals surface area contributed by atoms with E-state index in [0.717, 1.165) is 61.3 Å². The number of pyridine rings is 2. The summed E-state index contributed by atoms with van der Waals surface area (Å²) >= 11 is 0. The van der Waals surface area contributed by atoms with Crippen LogP contribution in [0.3, 0.4) is 0 Å². The van der Waals surface area contributed by atoms with Crippen molar-refractivity contribution in [2.75, 3.05) is 0 Å². The third kappa shape index (κ3) is 4.10. The first-order valence-corrected chi connectivity index (χ1v) is 16.3. The van der Waals surface area contributed by atoms with Crippen LogP contribution in [-0.2, 0) is 0 Å². The fourth-order valence-corrected chi connectivity index (χ4v) is 7.31. The van der Waals surface area contributed by atoms with Gasteiger partial charge in [0.15, 0.2) is 0 Å². The summed E-state index contributed by atoms with van der Waals surface area (Å²) in [6, 6.07) is 55.9. The zero-order valence-electron chi connectivity index (χ0n) is 26.0. The number of imidazole rings is 1. The number of aromatic nitrogens is 4. The lowest BCUT2D eigenvalue weighted by Crippen LogP contribution is -1.94. The van der Waals surface area contributed by atoms with Crippen LogP contribution in [0.4, 0.5) is 0 Å². The van der Waals surface area contributed by atoms with Gasteiger partial charge in [0, 0.05) is 56.1 Å². The Balaban J connectivity index is 1.14. The topological polar surface area (TPSA) is 35.1 Å². The van der Waals surface area contributed by atoms with E-state index in [4.69, 9.17) is 9.97 Å². The Bertz CT molecular complexity index is 2810. The molecule has 4 aromatic heterocycles. The Morgan fingerprint density at radius 1 is 0.438 bits per heavy atom. The Morgan fingerprint density at radius 2 is 1.15 bits per heavy atom. The molecule has 6 aromatic carbocycles. The zero-order valence-corrected chi connectivity index (χ0v) is 26.0. The van der Waals surface area contributed by atoms with E-state index in [1.165, 1.54) is 27.2 Å². The smallest absolute Gasteiger partial charge is 0.138 e. The van der Waals surface area contributed by atoms with Crippen molar-refractivity contribution in [2.24, 2.45) is 0 Å². The number of fused-ring (bicyclic) bond motifs is 8. The van der Waals surface area contributed by atoms with E-state index in [9.17, 15) is 0 Å². The molecule has 0 saturated heterocycles. The highest BCUT2D eigenvalue weighted by Crippen LogP contribution is 2.42. The van der Waals surface area contributed by atoms with Gasteiger partial charge < -0.3 is 8.97 Å². The van der Waals surface area contributed by atoms with Crippen LogP contribution in [0, 0.1) is 0 Å². The van der Waals surface area contributed by atoms with Crippen molar-refractivity contribution in [3.05, 3.63) is 170 Å². The molecule has 4 heteroatoms. The van der Waals surface area contributed by atoms with Gasteiger partial charge in [-0.05, 0) is 53.6 Å². The molecule has 224 valence electrons. The molecular formula is C44H28N4. The first kappa shape index (κ1) is 26.7. The number of rotatable bonds is 4. The van der Waals surface area contributed by atoms with E-state index in [1.54, 1.807) is 0 Å². The SMILES string of the molecule is c1ccc(-c2cn3ccc(-c4ccc(-c5nc6ccccc6c6c5ccc5c6c6ccccc6n5-c5ccccc5)cc4)cc3n2)cc1. The summed E-state index contributed by atoms with van der Waals surface area (Å²) in [5, 5.41) is 6.05. The molecule has 4 heterocycles. The van der Waals surface area contributed by atoms with Crippen molar-refractivity contribution < 1.29 is 0 Å². The van der Waals surface area contributed by atoms with E-state index in [2.05, 4.69) is 161 Å². The number of nitrogens with zero attached hydrogens (tertiary/aromatic N) is 4. The molecule has 0 aliphatic rings. The predicted octanol–water partition coefficient (Wildman–Crippen LogP) is 11.1. The lowest BCUT2D eigenvalue weighted by atomic mass is 9.95. The molecule has 0 amide bonds. The molecule has 48 heavy (non-hydrogen) atoms. The lowest BCUT2D eigenvalue weighted by molar-refractivity contribution is 1.18. The van der Waals surface area contributed by atoms with Crippen LogP contribution in [0.2, 0.25) is 0 Å². The van der Waals surface area contributed by atoms with Crippen LogP contribution in [0.5, 0.6) is 0 Å². The summed E-state index contributed by atoms with van der Waals surface area (Å²) in [5.74, 6) is 0. The molecule has 0 bridgehead atoms. The molecule has 0 spiro atoms. The Morgan fingerprint density at radius 3 is 1.98 bits per heavy atom. The lowest BCUT2D eigenvalue weighted by Gasteiger charge is -2.13. The highest BCUT2D eigenvalue weighted by Gasteiger charge is 2.19. The van der Waals surface area contributed by atoms with Gasteiger partial charge in [0.25, 0.3) is 0 Å². The molecule has 0 N–H and O–H groups in total. The summed E-state index contributed by atoms with van der Waals surface area (Å²) in [5.41, 5.74) is 11.9. The fraction of sp³-hybridized carbons (Fsp3) is 0. The zero-order chi connectivity index (χ0) is 31.6. The van der Waals surface area contributed by atoms with Gasteiger partial charge in [0.1, 0.15) is 5.65 Å². The number of para-hydroxylation sites is 3. The van der Waals surface area contributed by atoms with Crippen LogP contribution < -0.4 is 0 Å². The third-order valence-corrected chi connectivity index (χ3v) is 9.54. The average molecular weight is 613 g/mol. The summed E-state index contributed by atoms with van der Waals surface area (Å²) in [6.07, 6.45) is 4.18. The van der Waals surface area contributed by atoms with Crippen LogP contribution in [0.25, 0.3) is 88.5 Å². The van der Waals surface area contributed by atoms with Gasteiger partial charge >= 0.3 is 0 Å². The molecule has 10 rings (SSSR count). The molecular weight excluding hydrogens is 585 g/mol. The van der Waals surface area contributed by atoms with Gasteiger partial charge in [0.2, 0.25) is 0 Å². The molecule has 10 aromatic rings. The summed E-state index contributed by atoms with van der Waals surface area (Å²) < 4.78 is 4.47. The minimum absolute atomic E-state index is 0.927. The summed E-state index contributed by atoms with van der Waals surface area (Å²) in [7, 11) is 0. The van der Waals surface area contributed by atoms with E-state index < -0.39 is 0 Å². The molecule has 0 aliphatic carbocycles. The monoisotopic (exact) mass is 612 g/mol. The standard InChI is InChI=1S/C44H28N4/c1-3-11-30(12-4-1)38-28-47-26-25-32(27-41(47)45-38)29-19-21-31(22-20-29)44-36-23-24-40-43(42(36)34-15-7-9-17-37(34)46-44)35-16-8-10-18-39(35)48(40)33-13-5-2-6-14-33/h1-28H. The van der Waals surface area contributed by atoms with Crippen molar-refractivity contribution in [3.8, 4) is 39.3 Å². The number of hydrogen-bond acceptors (Lipinski definition) is 2. The minimum atomic E-state index is 0.927. The van der Waals surface area contributed by atoms with Crippen molar-refractivity contribution in [1.29, 1.82) is 0 Å². The Labute approximate surface area is 276 Å². The van der Waals surface area contributed by atoms with E-state index in [1.807, 2.05) is 18.2 Å². The normalized spacial score (nSPS) is 11.8.